The van der Waals surface area contributed by atoms with Crippen LogP contribution >= 0.6 is 0 Å². The molecule has 0 spiro atoms. The summed E-state index contributed by atoms with van der Waals surface area (Å²) in [6.07, 6.45) is 14.4. The summed E-state index contributed by atoms with van der Waals surface area (Å²) < 4.78 is 0. The topological polar surface area (TPSA) is 37.3 Å². The molecule has 0 radical (unpaired) electrons. The van der Waals surface area contributed by atoms with Gasteiger partial charge in [0.25, 0.3) is 0 Å². The van der Waals surface area contributed by atoms with Gasteiger partial charge in [-0.1, -0.05) is 71.1 Å². The first-order valence-corrected chi connectivity index (χ1v) is 6.99. The van der Waals surface area contributed by atoms with Gasteiger partial charge < -0.3 is 5.11 Å². The second kappa shape index (κ2) is 12.5. The number of rotatable bonds is 12. The highest BCUT2D eigenvalue weighted by atomic mass is 16.4. The van der Waals surface area contributed by atoms with Crippen molar-refractivity contribution in [1.29, 1.82) is 0 Å². The van der Waals surface area contributed by atoms with Crippen LogP contribution in [0.15, 0.2) is 0 Å². The summed E-state index contributed by atoms with van der Waals surface area (Å²) in [5, 5.41) is 8.46. The molecule has 0 aromatic heterocycles. The lowest BCUT2D eigenvalue weighted by Gasteiger charge is -2.01. The van der Waals surface area contributed by atoms with Crippen molar-refractivity contribution in [3.63, 3.8) is 0 Å². The van der Waals surface area contributed by atoms with Crippen molar-refractivity contribution < 1.29 is 9.90 Å². The second-order valence-corrected chi connectivity index (χ2v) is 4.68. The van der Waals surface area contributed by atoms with Gasteiger partial charge in [-0.05, 0) is 6.42 Å². The molecule has 0 amide bonds. The molecule has 2 heteroatoms. The third-order valence-electron chi connectivity index (χ3n) is 2.99. The fourth-order valence-corrected chi connectivity index (χ4v) is 1.94. The molecule has 2 nitrogen and oxygen atoms in total. The van der Waals surface area contributed by atoms with Gasteiger partial charge in [0.05, 0.1) is 0 Å². The van der Waals surface area contributed by atoms with E-state index in [9.17, 15) is 4.79 Å². The molecule has 0 aromatic rings. The van der Waals surface area contributed by atoms with Gasteiger partial charge in [-0.2, -0.15) is 0 Å². The minimum Gasteiger partial charge on any atom is -0.481 e. The molecule has 0 fully saturated rings. The molecule has 0 aliphatic carbocycles. The maximum absolute atomic E-state index is 10.3. The third-order valence-corrected chi connectivity index (χ3v) is 2.99. The van der Waals surface area contributed by atoms with Crippen LogP contribution in [0.5, 0.6) is 0 Å². The molecule has 0 aliphatic heterocycles. The largest absolute Gasteiger partial charge is 0.481 e. The Morgan fingerprint density at radius 2 is 1.12 bits per heavy atom. The maximum Gasteiger partial charge on any atom is 0.303 e. The van der Waals surface area contributed by atoms with Crippen LogP contribution in [-0.2, 0) is 4.79 Å². The van der Waals surface area contributed by atoms with Crippen molar-refractivity contribution >= 4 is 5.97 Å². The Morgan fingerprint density at radius 1 is 0.750 bits per heavy atom. The van der Waals surface area contributed by atoms with Crippen LogP contribution in [0.1, 0.15) is 84.0 Å². The highest BCUT2D eigenvalue weighted by Gasteiger charge is 1.96. The number of carbonyl (C=O) groups is 1. The van der Waals surface area contributed by atoms with Gasteiger partial charge in [-0.15, -0.1) is 0 Å². The predicted octanol–water partition coefficient (Wildman–Crippen LogP) is 4.77. The Bertz CT molecular complexity index is 155. The van der Waals surface area contributed by atoms with Crippen LogP contribution in [-0.4, -0.2) is 11.1 Å². The van der Waals surface area contributed by atoms with E-state index in [1.165, 1.54) is 57.8 Å². The number of hydrogen-bond donors (Lipinski definition) is 1. The monoisotopic (exact) mass is 228 g/mol. The minimum absolute atomic E-state index is 0.344. The van der Waals surface area contributed by atoms with E-state index in [0.29, 0.717) is 6.42 Å². The Morgan fingerprint density at radius 3 is 1.50 bits per heavy atom. The summed E-state index contributed by atoms with van der Waals surface area (Å²) in [5.41, 5.74) is 0. The van der Waals surface area contributed by atoms with E-state index in [0.717, 1.165) is 12.8 Å². The zero-order chi connectivity index (χ0) is 12.1. The van der Waals surface area contributed by atoms with E-state index in [2.05, 4.69) is 6.92 Å². The molecule has 0 atom stereocenters. The lowest BCUT2D eigenvalue weighted by molar-refractivity contribution is -0.137. The van der Waals surface area contributed by atoms with Crippen molar-refractivity contribution in [2.24, 2.45) is 0 Å². The highest BCUT2D eigenvalue weighted by molar-refractivity contribution is 5.66. The molecule has 0 saturated heterocycles. The quantitative estimate of drug-likeness (QED) is 0.488. The number of carboxylic acids is 1. The van der Waals surface area contributed by atoms with E-state index < -0.39 is 5.97 Å². The van der Waals surface area contributed by atoms with Crippen LogP contribution in [0.2, 0.25) is 0 Å². The Balaban J connectivity index is 2.90. The molecular formula is C14H28O2. The summed E-state index contributed by atoms with van der Waals surface area (Å²) in [6.45, 7) is 2.25. The fraction of sp³-hybridized carbons (Fsp3) is 0.929. The molecule has 0 rings (SSSR count). The summed E-state index contributed by atoms with van der Waals surface area (Å²) in [5.74, 6) is -0.657. The smallest absolute Gasteiger partial charge is 0.303 e. The highest BCUT2D eigenvalue weighted by Crippen LogP contribution is 2.11. The van der Waals surface area contributed by atoms with Crippen molar-refractivity contribution in [1.82, 2.24) is 0 Å². The van der Waals surface area contributed by atoms with Crippen LogP contribution < -0.4 is 0 Å². The van der Waals surface area contributed by atoms with Gasteiger partial charge in [0.1, 0.15) is 0 Å². The predicted molar refractivity (Wildman–Crippen MR) is 68.7 cm³/mol. The van der Waals surface area contributed by atoms with E-state index in [4.69, 9.17) is 5.11 Å². The first-order valence-electron chi connectivity index (χ1n) is 6.99. The molecule has 16 heavy (non-hydrogen) atoms. The summed E-state index contributed by atoms with van der Waals surface area (Å²) in [7, 11) is 0. The van der Waals surface area contributed by atoms with Crippen LogP contribution in [0.3, 0.4) is 0 Å². The van der Waals surface area contributed by atoms with E-state index in [-0.39, 0.29) is 0 Å². The minimum atomic E-state index is -0.657. The Hall–Kier alpha value is -0.530. The van der Waals surface area contributed by atoms with Crippen molar-refractivity contribution in [3.05, 3.63) is 0 Å². The van der Waals surface area contributed by atoms with Crippen molar-refractivity contribution in [3.8, 4) is 0 Å². The molecular weight excluding hydrogens is 200 g/mol. The van der Waals surface area contributed by atoms with Gasteiger partial charge in [0, 0.05) is 6.42 Å². The molecule has 96 valence electrons. The number of carboxylic acid groups (broad SMARTS) is 1. The lowest BCUT2D eigenvalue weighted by atomic mass is 10.1. The van der Waals surface area contributed by atoms with Gasteiger partial charge in [-0.25, -0.2) is 0 Å². The molecule has 0 bridgehead atoms. The first-order chi connectivity index (χ1) is 7.77. The van der Waals surface area contributed by atoms with Gasteiger partial charge >= 0.3 is 5.97 Å². The number of aliphatic carboxylic acids is 1. The molecule has 1 N–H and O–H groups in total. The molecule has 0 unspecified atom stereocenters. The first kappa shape index (κ1) is 15.5. The average Bonchev–Trinajstić information content (AvgIpc) is 2.25. The molecule has 0 saturated carbocycles. The zero-order valence-electron chi connectivity index (χ0n) is 10.8. The van der Waals surface area contributed by atoms with Gasteiger partial charge in [0.2, 0.25) is 0 Å². The fourth-order valence-electron chi connectivity index (χ4n) is 1.94. The zero-order valence-corrected chi connectivity index (χ0v) is 10.8. The van der Waals surface area contributed by atoms with E-state index in [1.807, 2.05) is 0 Å². The normalized spacial score (nSPS) is 10.6. The molecule has 0 aromatic carbocycles. The lowest BCUT2D eigenvalue weighted by Crippen LogP contribution is -1.93. The number of hydrogen-bond acceptors (Lipinski definition) is 1. The Labute approximate surface area is 100 Å². The SMILES string of the molecule is CCCCCCCCCCCCC[12C](=O)O. The molecule has 0 aliphatic rings. The van der Waals surface area contributed by atoms with Crippen LogP contribution in [0.25, 0.3) is 0 Å². The van der Waals surface area contributed by atoms with Crippen molar-refractivity contribution in [2.45, 2.75) is 84.0 Å². The van der Waals surface area contributed by atoms with Crippen LogP contribution in [0, 0.1) is 0 Å². The van der Waals surface area contributed by atoms with Gasteiger partial charge in [-0.3, -0.25) is 4.79 Å². The van der Waals surface area contributed by atoms with Crippen molar-refractivity contribution in [2.75, 3.05) is 0 Å². The summed E-state index contributed by atoms with van der Waals surface area (Å²) in [6, 6.07) is 0. The standard InChI is InChI=1S/C14H28O2/c1-2-3-4-5-6-7-8-9-10-11-12-13-14(15)16/h2-13H2,1H3,(H,15,16)/i14+0. The molecule has 0 heterocycles. The third kappa shape index (κ3) is 13.5. The maximum atomic E-state index is 10.3. The summed E-state index contributed by atoms with van der Waals surface area (Å²) in [4.78, 5) is 10.3. The second-order valence-electron chi connectivity index (χ2n) is 4.68. The Kier molecular flexibility index (Phi) is 12.1. The average molecular weight is 228 g/mol. The van der Waals surface area contributed by atoms with Crippen LogP contribution in [0.4, 0.5) is 0 Å². The number of unbranched alkanes of at least 4 members (excludes halogenated alkanes) is 10. The van der Waals surface area contributed by atoms with E-state index >= 15 is 0 Å². The summed E-state index contributed by atoms with van der Waals surface area (Å²) >= 11 is 0. The van der Waals surface area contributed by atoms with E-state index in [1.54, 1.807) is 0 Å². The van der Waals surface area contributed by atoms with Gasteiger partial charge in [0.15, 0.2) is 0 Å².